The van der Waals surface area contributed by atoms with Crippen molar-refractivity contribution in [3.8, 4) is 0 Å². The summed E-state index contributed by atoms with van der Waals surface area (Å²) in [5.74, 6) is 0.640. The molecule has 0 aliphatic carbocycles. The van der Waals surface area contributed by atoms with Crippen LogP contribution in [0.15, 0.2) is 29.2 Å². The third-order valence-electron chi connectivity index (χ3n) is 5.52. The summed E-state index contributed by atoms with van der Waals surface area (Å²) < 4.78 is 32.8. The second kappa shape index (κ2) is 6.75. The zero-order valence-electron chi connectivity index (χ0n) is 14.9. The fraction of sp³-hybridized carbons (Fsp3) is 0.667. The molecule has 0 bridgehead atoms. The zero-order valence-corrected chi connectivity index (χ0v) is 15.7. The minimum atomic E-state index is -3.44. The van der Waals surface area contributed by atoms with Crippen LogP contribution < -0.4 is 0 Å². The molecule has 24 heavy (non-hydrogen) atoms. The van der Waals surface area contributed by atoms with Crippen molar-refractivity contribution in [1.29, 1.82) is 0 Å². The summed E-state index contributed by atoms with van der Waals surface area (Å²) in [5.41, 5.74) is 1.24. The van der Waals surface area contributed by atoms with Gasteiger partial charge < -0.3 is 4.74 Å². The first-order valence-corrected chi connectivity index (χ1v) is 10.1. The monoisotopic (exact) mass is 352 g/mol. The molecular weight excluding hydrogens is 324 g/mol. The minimum Gasteiger partial charge on any atom is -0.379 e. The topological polar surface area (TPSA) is 49.9 Å². The van der Waals surface area contributed by atoms with Gasteiger partial charge in [0, 0.05) is 32.7 Å². The van der Waals surface area contributed by atoms with E-state index in [4.69, 9.17) is 4.74 Å². The summed E-state index contributed by atoms with van der Waals surface area (Å²) in [6.07, 6.45) is 0. The lowest BCUT2D eigenvalue weighted by Gasteiger charge is -2.51. The van der Waals surface area contributed by atoms with Crippen molar-refractivity contribution in [2.75, 3.05) is 39.4 Å². The molecule has 1 aromatic rings. The van der Waals surface area contributed by atoms with E-state index < -0.39 is 10.0 Å². The molecule has 2 fully saturated rings. The van der Waals surface area contributed by atoms with Crippen molar-refractivity contribution in [2.45, 2.75) is 32.2 Å². The van der Waals surface area contributed by atoms with E-state index in [1.165, 1.54) is 0 Å². The fourth-order valence-corrected chi connectivity index (χ4v) is 5.13. The smallest absolute Gasteiger partial charge is 0.243 e. The SMILES string of the molecule is CC(C)C1(C)CN(Cc2ccccc2S(=O)(=O)N2CCOCC2)C1. The second-order valence-corrected chi connectivity index (χ2v) is 9.48. The number of hydrogen-bond acceptors (Lipinski definition) is 4. The highest BCUT2D eigenvalue weighted by Crippen LogP contribution is 2.38. The van der Waals surface area contributed by atoms with E-state index in [1.54, 1.807) is 10.4 Å². The number of benzene rings is 1. The van der Waals surface area contributed by atoms with Crippen LogP contribution in [-0.2, 0) is 21.3 Å². The summed E-state index contributed by atoms with van der Waals surface area (Å²) in [6, 6.07) is 7.42. The first-order chi connectivity index (χ1) is 11.3. The van der Waals surface area contributed by atoms with Crippen molar-refractivity contribution in [3.05, 3.63) is 29.8 Å². The maximum absolute atomic E-state index is 13.0. The largest absolute Gasteiger partial charge is 0.379 e. The van der Waals surface area contributed by atoms with Crippen molar-refractivity contribution in [3.63, 3.8) is 0 Å². The average molecular weight is 353 g/mol. The van der Waals surface area contributed by atoms with Crippen molar-refractivity contribution >= 4 is 10.0 Å². The molecule has 6 heteroatoms. The van der Waals surface area contributed by atoms with E-state index in [2.05, 4.69) is 25.7 Å². The maximum atomic E-state index is 13.0. The van der Waals surface area contributed by atoms with Gasteiger partial charge in [0.2, 0.25) is 10.0 Å². The first-order valence-electron chi connectivity index (χ1n) is 8.71. The van der Waals surface area contributed by atoms with Crippen LogP contribution in [0.3, 0.4) is 0 Å². The molecule has 2 aliphatic heterocycles. The highest BCUT2D eigenvalue weighted by molar-refractivity contribution is 7.89. The van der Waals surface area contributed by atoms with Gasteiger partial charge >= 0.3 is 0 Å². The number of hydrogen-bond donors (Lipinski definition) is 0. The van der Waals surface area contributed by atoms with Gasteiger partial charge in [-0.15, -0.1) is 0 Å². The van der Waals surface area contributed by atoms with Crippen LogP contribution in [0.25, 0.3) is 0 Å². The Morgan fingerprint density at radius 1 is 1.17 bits per heavy atom. The molecular formula is C18H28N2O3S. The molecule has 3 rings (SSSR count). The molecule has 1 aromatic carbocycles. The van der Waals surface area contributed by atoms with Crippen LogP contribution in [0, 0.1) is 11.3 Å². The number of likely N-dealkylation sites (tertiary alicyclic amines) is 1. The van der Waals surface area contributed by atoms with Crippen molar-refractivity contribution < 1.29 is 13.2 Å². The molecule has 0 unspecified atom stereocenters. The van der Waals surface area contributed by atoms with Crippen LogP contribution >= 0.6 is 0 Å². The summed E-state index contributed by atoms with van der Waals surface area (Å²) >= 11 is 0. The van der Waals surface area contributed by atoms with Gasteiger partial charge in [0.15, 0.2) is 0 Å². The Kier molecular flexibility index (Phi) is 5.02. The highest BCUT2D eigenvalue weighted by Gasteiger charge is 2.41. The van der Waals surface area contributed by atoms with Gasteiger partial charge in [0.25, 0.3) is 0 Å². The molecule has 2 aliphatic rings. The molecule has 0 N–H and O–H groups in total. The number of morpholine rings is 1. The second-order valence-electron chi connectivity index (χ2n) is 7.58. The van der Waals surface area contributed by atoms with Crippen LogP contribution in [0.4, 0.5) is 0 Å². The molecule has 0 amide bonds. The van der Waals surface area contributed by atoms with E-state index in [0.29, 0.717) is 49.1 Å². The molecule has 134 valence electrons. The summed E-state index contributed by atoms with van der Waals surface area (Å²) in [4.78, 5) is 2.79. The molecule has 5 nitrogen and oxygen atoms in total. The lowest BCUT2D eigenvalue weighted by molar-refractivity contribution is -0.0268. The van der Waals surface area contributed by atoms with Crippen LogP contribution in [-0.4, -0.2) is 57.0 Å². The van der Waals surface area contributed by atoms with Gasteiger partial charge in [0.05, 0.1) is 18.1 Å². The van der Waals surface area contributed by atoms with Gasteiger partial charge in [-0.2, -0.15) is 4.31 Å². The van der Waals surface area contributed by atoms with Gasteiger partial charge in [-0.25, -0.2) is 8.42 Å². The van der Waals surface area contributed by atoms with Crippen molar-refractivity contribution in [1.82, 2.24) is 9.21 Å². The van der Waals surface area contributed by atoms with Gasteiger partial charge in [-0.05, 0) is 23.0 Å². The first kappa shape index (κ1) is 17.9. The van der Waals surface area contributed by atoms with E-state index in [0.717, 1.165) is 18.7 Å². The lowest BCUT2D eigenvalue weighted by Crippen LogP contribution is -2.56. The average Bonchev–Trinajstić information content (AvgIpc) is 2.54. The Hall–Kier alpha value is -0.950. The quantitative estimate of drug-likeness (QED) is 0.815. The maximum Gasteiger partial charge on any atom is 0.243 e. The third kappa shape index (κ3) is 3.38. The summed E-state index contributed by atoms with van der Waals surface area (Å²) in [6.45, 7) is 11.4. The number of sulfonamides is 1. The Balaban J connectivity index is 1.77. The molecule has 2 heterocycles. The number of ether oxygens (including phenoxy) is 1. The fourth-order valence-electron chi connectivity index (χ4n) is 3.51. The molecule has 0 radical (unpaired) electrons. The van der Waals surface area contributed by atoms with E-state index >= 15 is 0 Å². The van der Waals surface area contributed by atoms with Crippen molar-refractivity contribution in [2.24, 2.45) is 11.3 Å². The van der Waals surface area contributed by atoms with Gasteiger partial charge in [0.1, 0.15) is 0 Å². The lowest BCUT2D eigenvalue weighted by atomic mass is 9.72. The van der Waals surface area contributed by atoms with Crippen LogP contribution in [0.5, 0.6) is 0 Å². The predicted octanol–water partition coefficient (Wildman–Crippen LogP) is 2.19. The standard InChI is InChI=1S/C18H28N2O3S/c1-15(2)18(3)13-19(14-18)12-16-6-4-5-7-17(16)24(21,22)20-8-10-23-11-9-20/h4-7,15H,8-14H2,1-3H3. The zero-order chi connectivity index (χ0) is 17.4. The van der Waals surface area contributed by atoms with Crippen LogP contribution in [0.2, 0.25) is 0 Å². The predicted molar refractivity (Wildman–Crippen MR) is 94.2 cm³/mol. The van der Waals surface area contributed by atoms with Gasteiger partial charge in [-0.1, -0.05) is 39.0 Å². The summed E-state index contributed by atoms with van der Waals surface area (Å²) in [7, 11) is -3.44. The Morgan fingerprint density at radius 3 is 2.42 bits per heavy atom. The van der Waals surface area contributed by atoms with Gasteiger partial charge in [-0.3, -0.25) is 4.90 Å². The van der Waals surface area contributed by atoms with E-state index in [9.17, 15) is 8.42 Å². The van der Waals surface area contributed by atoms with Crippen LogP contribution in [0.1, 0.15) is 26.3 Å². The molecule has 2 saturated heterocycles. The molecule has 0 spiro atoms. The van der Waals surface area contributed by atoms with E-state index in [1.807, 2.05) is 18.2 Å². The summed E-state index contributed by atoms with van der Waals surface area (Å²) in [5, 5.41) is 0. The highest BCUT2D eigenvalue weighted by atomic mass is 32.2. The normalized spacial score (nSPS) is 22.5. The molecule has 0 aromatic heterocycles. The Morgan fingerprint density at radius 2 is 1.79 bits per heavy atom. The molecule has 0 atom stereocenters. The Labute approximate surface area is 145 Å². The third-order valence-corrected chi connectivity index (χ3v) is 7.52. The number of rotatable bonds is 5. The Bertz CT molecular complexity index is 675. The minimum absolute atomic E-state index is 0.345. The number of nitrogens with zero attached hydrogens (tertiary/aromatic N) is 2. The molecule has 0 saturated carbocycles. The van der Waals surface area contributed by atoms with E-state index in [-0.39, 0.29) is 0 Å².